The molecule has 2 aromatic rings. The third-order valence-electron chi connectivity index (χ3n) is 5.39. The molecule has 1 saturated heterocycles. The molecule has 2 N–H and O–H groups in total. The molecular formula is C18H19N3O2S. The normalized spacial score (nSPS) is 25.7. The molecule has 2 fully saturated rings. The highest BCUT2D eigenvalue weighted by molar-refractivity contribution is 7.16. The number of thiazole rings is 1. The van der Waals surface area contributed by atoms with E-state index >= 15 is 0 Å². The molecule has 1 aliphatic carbocycles. The Morgan fingerprint density at radius 1 is 1.29 bits per heavy atom. The van der Waals surface area contributed by atoms with Crippen LogP contribution in [-0.2, 0) is 4.79 Å². The molecule has 0 bridgehead atoms. The number of aromatic nitrogens is 1. The Kier molecular flexibility index (Phi) is 3.64. The van der Waals surface area contributed by atoms with Gasteiger partial charge in [0.05, 0.1) is 11.6 Å². The lowest BCUT2D eigenvalue weighted by atomic mass is 9.80. The number of primary amides is 1. The maximum atomic E-state index is 12.8. The molecule has 2 atom stereocenters. The lowest BCUT2D eigenvalue weighted by molar-refractivity contribution is -0.128. The lowest BCUT2D eigenvalue weighted by Gasteiger charge is -2.24. The number of hydrogen-bond acceptors (Lipinski definition) is 4. The molecule has 1 aromatic carbocycles. The second kappa shape index (κ2) is 5.70. The average molecular weight is 341 g/mol. The molecule has 4 rings (SSSR count). The number of carbonyl (C=O) groups is 2. The van der Waals surface area contributed by atoms with Crippen molar-refractivity contribution in [1.82, 2.24) is 9.88 Å². The molecular weight excluding hydrogens is 322 g/mol. The van der Waals surface area contributed by atoms with Crippen LogP contribution in [0.15, 0.2) is 36.5 Å². The first-order valence-corrected chi connectivity index (χ1v) is 9.02. The van der Waals surface area contributed by atoms with Crippen molar-refractivity contribution < 1.29 is 9.59 Å². The predicted octanol–water partition coefficient (Wildman–Crippen LogP) is 2.54. The maximum Gasteiger partial charge on any atom is 0.265 e. The van der Waals surface area contributed by atoms with Crippen LogP contribution in [0.3, 0.4) is 0 Å². The van der Waals surface area contributed by atoms with Crippen LogP contribution < -0.4 is 5.73 Å². The standard InChI is InChI=1S/C18H19N3O2S/c19-17(23)18-8-4-7-13(18)10-21(11-18)16(22)14-9-20-15(24-14)12-5-2-1-3-6-12/h1-3,5-6,9,13H,4,7-8,10-11H2,(H2,19,23)/t13-,18-/m0/s1. The van der Waals surface area contributed by atoms with E-state index in [1.807, 2.05) is 30.3 Å². The summed E-state index contributed by atoms with van der Waals surface area (Å²) in [6.45, 7) is 1.07. The van der Waals surface area contributed by atoms with Gasteiger partial charge in [-0.3, -0.25) is 9.59 Å². The zero-order chi connectivity index (χ0) is 16.7. The Morgan fingerprint density at radius 2 is 2.08 bits per heavy atom. The molecule has 0 unspecified atom stereocenters. The molecule has 0 radical (unpaired) electrons. The smallest absolute Gasteiger partial charge is 0.265 e. The molecule has 1 aromatic heterocycles. The third-order valence-corrected chi connectivity index (χ3v) is 6.42. The molecule has 0 spiro atoms. The van der Waals surface area contributed by atoms with Gasteiger partial charge in [0, 0.05) is 18.7 Å². The summed E-state index contributed by atoms with van der Waals surface area (Å²) in [6.07, 6.45) is 4.44. The fraction of sp³-hybridized carbons (Fsp3) is 0.389. The highest BCUT2D eigenvalue weighted by Gasteiger charge is 2.54. The summed E-state index contributed by atoms with van der Waals surface area (Å²) in [7, 11) is 0. The maximum absolute atomic E-state index is 12.8. The number of likely N-dealkylation sites (tertiary alicyclic amines) is 1. The van der Waals surface area contributed by atoms with E-state index in [2.05, 4.69) is 4.98 Å². The monoisotopic (exact) mass is 341 g/mol. The summed E-state index contributed by atoms with van der Waals surface area (Å²) < 4.78 is 0. The van der Waals surface area contributed by atoms with Gasteiger partial charge in [0.2, 0.25) is 5.91 Å². The Hall–Kier alpha value is -2.21. The molecule has 2 amide bonds. The van der Waals surface area contributed by atoms with E-state index in [0.717, 1.165) is 29.8 Å². The SMILES string of the molecule is NC(=O)[C@]12CCC[C@H]1CN(C(=O)c1cnc(-c3ccccc3)s1)C2. The number of carbonyl (C=O) groups excluding carboxylic acids is 2. The van der Waals surface area contributed by atoms with Crippen LogP contribution in [0.1, 0.15) is 28.9 Å². The van der Waals surface area contributed by atoms with E-state index in [0.29, 0.717) is 18.0 Å². The first-order chi connectivity index (χ1) is 11.6. The van der Waals surface area contributed by atoms with Crippen LogP contribution in [0.2, 0.25) is 0 Å². The minimum Gasteiger partial charge on any atom is -0.369 e. The summed E-state index contributed by atoms with van der Waals surface area (Å²) in [5.74, 6) is -0.0836. The summed E-state index contributed by atoms with van der Waals surface area (Å²) in [5.41, 5.74) is 6.16. The molecule has 5 nitrogen and oxygen atoms in total. The van der Waals surface area contributed by atoms with E-state index in [9.17, 15) is 9.59 Å². The van der Waals surface area contributed by atoms with Crippen molar-refractivity contribution in [2.24, 2.45) is 17.1 Å². The van der Waals surface area contributed by atoms with Crippen molar-refractivity contribution >= 4 is 23.2 Å². The van der Waals surface area contributed by atoms with E-state index in [1.54, 1.807) is 11.1 Å². The second-order valence-electron chi connectivity index (χ2n) is 6.69. The molecule has 124 valence electrons. The number of fused-ring (bicyclic) bond motifs is 1. The van der Waals surface area contributed by atoms with Gasteiger partial charge in [-0.15, -0.1) is 11.3 Å². The van der Waals surface area contributed by atoms with Crippen LogP contribution >= 0.6 is 11.3 Å². The van der Waals surface area contributed by atoms with Crippen LogP contribution in [0.4, 0.5) is 0 Å². The summed E-state index contributed by atoms with van der Waals surface area (Å²) in [5, 5.41) is 0.836. The van der Waals surface area contributed by atoms with Crippen molar-refractivity contribution in [2.75, 3.05) is 13.1 Å². The summed E-state index contributed by atoms with van der Waals surface area (Å²) in [6, 6.07) is 9.83. The van der Waals surface area contributed by atoms with E-state index < -0.39 is 5.41 Å². The van der Waals surface area contributed by atoms with Gasteiger partial charge in [-0.25, -0.2) is 4.98 Å². The van der Waals surface area contributed by atoms with Gasteiger partial charge in [0.25, 0.3) is 5.91 Å². The fourth-order valence-electron chi connectivity index (χ4n) is 4.09. The molecule has 24 heavy (non-hydrogen) atoms. The average Bonchev–Trinajstić information content (AvgIpc) is 3.29. The number of benzene rings is 1. The Morgan fingerprint density at radius 3 is 2.79 bits per heavy atom. The Labute approximate surface area is 144 Å². The molecule has 1 saturated carbocycles. The van der Waals surface area contributed by atoms with Crippen molar-refractivity contribution in [3.8, 4) is 10.6 Å². The summed E-state index contributed by atoms with van der Waals surface area (Å²) in [4.78, 5) is 31.6. The fourth-order valence-corrected chi connectivity index (χ4v) is 4.98. The number of amides is 2. The molecule has 1 aliphatic heterocycles. The van der Waals surface area contributed by atoms with Crippen molar-refractivity contribution in [2.45, 2.75) is 19.3 Å². The summed E-state index contributed by atoms with van der Waals surface area (Å²) >= 11 is 1.40. The topological polar surface area (TPSA) is 76.3 Å². The molecule has 2 heterocycles. The van der Waals surface area contributed by atoms with Gasteiger partial charge in [-0.05, 0) is 18.8 Å². The zero-order valence-electron chi connectivity index (χ0n) is 13.3. The first-order valence-electron chi connectivity index (χ1n) is 8.20. The van der Waals surface area contributed by atoms with Crippen LogP contribution in [0, 0.1) is 11.3 Å². The minimum atomic E-state index is -0.511. The van der Waals surface area contributed by atoms with Crippen LogP contribution in [0.25, 0.3) is 10.6 Å². The lowest BCUT2D eigenvalue weighted by Crippen LogP contribution is -2.41. The second-order valence-corrected chi connectivity index (χ2v) is 7.72. The number of nitrogens with two attached hydrogens (primary N) is 1. The highest BCUT2D eigenvalue weighted by Crippen LogP contribution is 2.48. The van der Waals surface area contributed by atoms with Gasteiger partial charge in [-0.1, -0.05) is 36.8 Å². The van der Waals surface area contributed by atoms with Gasteiger partial charge >= 0.3 is 0 Å². The van der Waals surface area contributed by atoms with Crippen LogP contribution in [-0.4, -0.2) is 34.8 Å². The molecule has 2 aliphatic rings. The first kappa shape index (κ1) is 15.3. The Bertz CT molecular complexity index is 789. The van der Waals surface area contributed by atoms with Gasteiger partial charge < -0.3 is 10.6 Å². The van der Waals surface area contributed by atoms with Crippen LogP contribution in [0.5, 0.6) is 0 Å². The van der Waals surface area contributed by atoms with E-state index in [-0.39, 0.29) is 17.7 Å². The predicted molar refractivity (Wildman–Crippen MR) is 92.4 cm³/mol. The van der Waals surface area contributed by atoms with Gasteiger partial charge in [0.15, 0.2) is 0 Å². The molecule has 6 heteroatoms. The van der Waals surface area contributed by atoms with Crippen molar-refractivity contribution in [3.05, 3.63) is 41.4 Å². The van der Waals surface area contributed by atoms with Crippen molar-refractivity contribution in [1.29, 1.82) is 0 Å². The van der Waals surface area contributed by atoms with E-state index in [1.165, 1.54) is 11.3 Å². The van der Waals surface area contributed by atoms with Crippen molar-refractivity contribution in [3.63, 3.8) is 0 Å². The highest BCUT2D eigenvalue weighted by atomic mass is 32.1. The number of rotatable bonds is 3. The van der Waals surface area contributed by atoms with Gasteiger partial charge in [0.1, 0.15) is 9.88 Å². The zero-order valence-corrected chi connectivity index (χ0v) is 14.1. The number of hydrogen-bond donors (Lipinski definition) is 1. The van der Waals surface area contributed by atoms with Gasteiger partial charge in [-0.2, -0.15) is 0 Å². The number of nitrogens with zero attached hydrogens (tertiary/aromatic N) is 2. The quantitative estimate of drug-likeness (QED) is 0.932. The van der Waals surface area contributed by atoms with E-state index in [4.69, 9.17) is 5.73 Å². The minimum absolute atomic E-state index is 0.0373. The third kappa shape index (κ3) is 2.33. The Balaban J connectivity index is 1.55. The largest absolute Gasteiger partial charge is 0.369 e.